The van der Waals surface area contributed by atoms with Crippen LogP contribution in [-0.4, -0.2) is 27.8 Å². The molecule has 0 saturated heterocycles. The van der Waals surface area contributed by atoms with E-state index in [0.717, 1.165) is 17.5 Å². The summed E-state index contributed by atoms with van der Waals surface area (Å²) >= 11 is 1.32. The molecule has 2 heterocycles. The zero-order valence-electron chi connectivity index (χ0n) is 18.4. The number of benzene rings is 2. The molecule has 4 aromatic rings. The minimum atomic E-state index is -0.184. The molecule has 0 spiro atoms. The minimum Gasteiger partial charge on any atom is -0.490 e. The van der Waals surface area contributed by atoms with Crippen LogP contribution >= 0.6 is 11.3 Å². The summed E-state index contributed by atoms with van der Waals surface area (Å²) in [4.78, 5) is 17.9. The maximum Gasteiger partial charge on any atom is 0.291 e. The van der Waals surface area contributed by atoms with E-state index in [1.165, 1.54) is 21.4 Å². The summed E-state index contributed by atoms with van der Waals surface area (Å²) in [5.41, 5.74) is 2.94. The van der Waals surface area contributed by atoms with Crippen molar-refractivity contribution in [2.75, 3.05) is 13.2 Å². The largest absolute Gasteiger partial charge is 0.490 e. The Hall–Kier alpha value is -3.45. The monoisotopic (exact) mass is 447 g/mol. The van der Waals surface area contributed by atoms with E-state index in [1.807, 2.05) is 55.5 Å². The summed E-state index contributed by atoms with van der Waals surface area (Å²) in [7, 11) is 0. The van der Waals surface area contributed by atoms with Gasteiger partial charge in [-0.15, -0.1) is 5.10 Å². The van der Waals surface area contributed by atoms with Gasteiger partial charge in [0.25, 0.3) is 5.56 Å². The number of hydrogen-bond donors (Lipinski definition) is 0. The first-order valence-electron chi connectivity index (χ1n) is 10.6. The molecule has 0 aliphatic rings. The van der Waals surface area contributed by atoms with Gasteiger partial charge in [-0.25, -0.2) is 0 Å². The van der Waals surface area contributed by atoms with Crippen molar-refractivity contribution in [3.63, 3.8) is 0 Å². The van der Waals surface area contributed by atoms with Crippen LogP contribution in [0.15, 0.2) is 47.3 Å². The first-order valence-corrected chi connectivity index (χ1v) is 11.4. The molecule has 4 rings (SSSR count). The highest BCUT2D eigenvalue weighted by Gasteiger charge is 2.10. The third-order valence-electron chi connectivity index (χ3n) is 4.73. The molecule has 0 unspecified atom stereocenters. The number of fused-ring (bicyclic) bond motifs is 1. The second-order valence-corrected chi connectivity index (χ2v) is 8.32. The van der Waals surface area contributed by atoms with E-state index in [2.05, 4.69) is 36.1 Å². The molecule has 0 atom stereocenters. The topological polar surface area (TPSA) is 65.7 Å². The fraction of sp³-hybridized carbons (Fsp3) is 0.240. The van der Waals surface area contributed by atoms with E-state index < -0.39 is 0 Å². The third kappa shape index (κ3) is 4.89. The van der Waals surface area contributed by atoms with E-state index >= 15 is 0 Å². The fourth-order valence-corrected chi connectivity index (χ4v) is 4.05. The number of thiazole rings is 1. The summed E-state index contributed by atoms with van der Waals surface area (Å²) in [5.74, 6) is 1.89. The number of hydrogen-bond acceptors (Lipinski definition) is 6. The molecule has 0 bridgehead atoms. The van der Waals surface area contributed by atoms with Gasteiger partial charge in [-0.3, -0.25) is 4.79 Å². The van der Waals surface area contributed by atoms with Crippen molar-refractivity contribution in [1.29, 1.82) is 0 Å². The van der Waals surface area contributed by atoms with Gasteiger partial charge in [0, 0.05) is 0 Å². The zero-order chi connectivity index (χ0) is 22.5. The first kappa shape index (κ1) is 21.8. The molecule has 0 aliphatic carbocycles. The second kappa shape index (κ2) is 9.78. The van der Waals surface area contributed by atoms with Crippen molar-refractivity contribution in [3.8, 4) is 11.5 Å². The van der Waals surface area contributed by atoms with Crippen LogP contribution in [0.3, 0.4) is 0 Å². The molecule has 7 heteroatoms. The van der Waals surface area contributed by atoms with Gasteiger partial charge in [-0.05, 0) is 55.7 Å². The van der Waals surface area contributed by atoms with Crippen LogP contribution in [0.1, 0.15) is 42.8 Å². The Morgan fingerprint density at radius 2 is 1.78 bits per heavy atom. The third-order valence-corrected chi connectivity index (χ3v) is 5.69. The first-order chi connectivity index (χ1) is 15.6. The fourth-order valence-electron chi connectivity index (χ4n) is 3.13. The van der Waals surface area contributed by atoms with Gasteiger partial charge in [0.05, 0.1) is 17.7 Å². The van der Waals surface area contributed by atoms with Crippen molar-refractivity contribution in [1.82, 2.24) is 14.6 Å². The number of rotatable bonds is 8. The number of nitrogens with zero attached hydrogens (tertiary/aromatic N) is 3. The predicted molar refractivity (Wildman–Crippen MR) is 129 cm³/mol. The van der Waals surface area contributed by atoms with Crippen LogP contribution in [0.2, 0.25) is 0 Å². The average molecular weight is 448 g/mol. The predicted octanol–water partition coefficient (Wildman–Crippen LogP) is 4.37. The van der Waals surface area contributed by atoms with E-state index in [-0.39, 0.29) is 5.56 Å². The highest BCUT2D eigenvalue weighted by molar-refractivity contribution is 7.15. The Balaban J connectivity index is 1.61. The van der Waals surface area contributed by atoms with E-state index in [9.17, 15) is 4.79 Å². The Kier molecular flexibility index (Phi) is 6.66. The van der Waals surface area contributed by atoms with Crippen molar-refractivity contribution in [2.24, 2.45) is 0 Å². The summed E-state index contributed by atoms with van der Waals surface area (Å²) in [5, 5.41) is 4.35. The molecule has 0 fully saturated rings. The van der Waals surface area contributed by atoms with E-state index in [4.69, 9.17) is 9.47 Å². The van der Waals surface area contributed by atoms with Crippen molar-refractivity contribution >= 4 is 34.5 Å². The van der Waals surface area contributed by atoms with Gasteiger partial charge in [0.2, 0.25) is 4.96 Å². The van der Waals surface area contributed by atoms with Crippen LogP contribution in [-0.2, 0) is 0 Å². The van der Waals surface area contributed by atoms with E-state index in [1.54, 1.807) is 0 Å². The van der Waals surface area contributed by atoms with Gasteiger partial charge in [0.15, 0.2) is 17.3 Å². The molecule has 0 N–H and O–H groups in total. The van der Waals surface area contributed by atoms with Crippen LogP contribution in [0, 0.1) is 6.92 Å². The summed E-state index contributed by atoms with van der Waals surface area (Å²) < 4.78 is 13.4. The molecule has 0 saturated carbocycles. The van der Waals surface area contributed by atoms with Gasteiger partial charge >= 0.3 is 0 Å². The molecule has 164 valence electrons. The minimum absolute atomic E-state index is 0.184. The maximum absolute atomic E-state index is 12.8. The number of ether oxygens (including phenoxy) is 2. The lowest BCUT2D eigenvalue weighted by molar-refractivity contribution is 0.277. The Labute approximate surface area is 190 Å². The number of aromatic nitrogens is 3. The van der Waals surface area contributed by atoms with Gasteiger partial charge < -0.3 is 9.47 Å². The molecule has 6 nitrogen and oxygen atoms in total. The lowest BCUT2D eigenvalue weighted by atomic mass is 10.1. The zero-order valence-corrected chi connectivity index (χ0v) is 19.2. The van der Waals surface area contributed by atoms with Crippen molar-refractivity contribution < 1.29 is 9.47 Å². The highest BCUT2D eigenvalue weighted by atomic mass is 32.1. The standard InChI is InChI=1S/C25H25N3O3S/c1-4-14-31-20-12-10-19(15-21(20)30-5-2)16-22-24(29)28-25(32-22)26-23(27-28)13-11-18-8-6-17(3)7-9-18/h6-13,15-16H,4-5,14H2,1-3H3/b13-11+,22-16+. The molecule has 0 amide bonds. The molecule has 2 aromatic carbocycles. The molecule has 2 aromatic heterocycles. The van der Waals surface area contributed by atoms with Crippen molar-refractivity contribution in [3.05, 3.63) is 79.9 Å². The van der Waals surface area contributed by atoms with Crippen LogP contribution in [0.25, 0.3) is 23.2 Å². The summed E-state index contributed by atoms with van der Waals surface area (Å²) in [6.45, 7) is 7.20. The van der Waals surface area contributed by atoms with E-state index in [0.29, 0.717) is 40.0 Å². The quantitative estimate of drug-likeness (QED) is 0.401. The lowest BCUT2D eigenvalue weighted by Gasteiger charge is -2.11. The van der Waals surface area contributed by atoms with Gasteiger partial charge in [0.1, 0.15) is 0 Å². The Morgan fingerprint density at radius 1 is 1.00 bits per heavy atom. The average Bonchev–Trinajstić information content (AvgIpc) is 3.32. The van der Waals surface area contributed by atoms with Crippen LogP contribution in [0.5, 0.6) is 11.5 Å². The van der Waals surface area contributed by atoms with Crippen LogP contribution in [0.4, 0.5) is 0 Å². The van der Waals surface area contributed by atoms with Gasteiger partial charge in [-0.1, -0.05) is 60.2 Å². The highest BCUT2D eigenvalue weighted by Crippen LogP contribution is 2.29. The summed E-state index contributed by atoms with van der Waals surface area (Å²) in [6, 6.07) is 13.9. The molecular formula is C25H25N3O3S. The molecule has 0 aliphatic heterocycles. The second-order valence-electron chi connectivity index (χ2n) is 7.31. The van der Waals surface area contributed by atoms with Crippen LogP contribution < -0.4 is 19.6 Å². The Bertz CT molecular complexity index is 1350. The van der Waals surface area contributed by atoms with Gasteiger partial charge in [-0.2, -0.15) is 9.50 Å². The Morgan fingerprint density at radius 3 is 2.50 bits per heavy atom. The summed E-state index contributed by atoms with van der Waals surface area (Å²) in [6.07, 6.45) is 6.50. The normalized spacial score (nSPS) is 12.2. The number of aryl methyl sites for hydroxylation is 1. The molecular weight excluding hydrogens is 422 g/mol. The SMILES string of the molecule is CCCOc1ccc(/C=c2/sc3nc(/C=C/c4ccc(C)cc4)nn3c2=O)cc1OCC. The maximum atomic E-state index is 12.8. The molecule has 32 heavy (non-hydrogen) atoms. The smallest absolute Gasteiger partial charge is 0.291 e. The van der Waals surface area contributed by atoms with Crippen molar-refractivity contribution in [2.45, 2.75) is 27.2 Å². The molecule has 0 radical (unpaired) electrons. The lowest BCUT2D eigenvalue weighted by Crippen LogP contribution is -2.23.